The van der Waals surface area contributed by atoms with Crippen molar-refractivity contribution in [2.24, 2.45) is 11.0 Å². The summed E-state index contributed by atoms with van der Waals surface area (Å²) >= 11 is 0. The lowest BCUT2D eigenvalue weighted by Gasteiger charge is -2.13. The van der Waals surface area contributed by atoms with Crippen LogP contribution in [-0.4, -0.2) is 28.9 Å². The Morgan fingerprint density at radius 1 is 1.90 bits per heavy atom. The molecule has 1 atom stereocenters. The summed E-state index contributed by atoms with van der Waals surface area (Å²) in [4.78, 5) is 19.3. The Morgan fingerprint density at radius 3 is 2.70 bits per heavy atom. The Bertz CT molecular complexity index is 138. The minimum atomic E-state index is -1.55. The number of carboxylic acid groups (broad SMARTS) is 1. The quantitative estimate of drug-likeness (QED) is 0.334. The largest absolute Gasteiger partial charge is 0.548 e. The van der Waals surface area contributed by atoms with Gasteiger partial charge in [-0.3, -0.25) is 5.21 Å². The molecule has 0 rings (SSSR count). The Hall–Kier alpha value is -1.21. The van der Waals surface area contributed by atoms with Gasteiger partial charge in [-0.2, -0.15) is 0 Å². The van der Waals surface area contributed by atoms with Gasteiger partial charge in [0.1, 0.15) is 0 Å². The van der Waals surface area contributed by atoms with Crippen LogP contribution in [0.5, 0.6) is 0 Å². The molecule has 0 saturated heterocycles. The molecule has 0 spiro atoms. The van der Waals surface area contributed by atoms with Gasteiger partial charge in [0.15, 0.2) is 0 Å². The van der Waals surface area contributed by atoms with Crippen LogP contribution in [-0.2, 0) is 4.79 Å². The van der Waals surface area contributed by atoms with Gasteiger partial charge in [-0.1, -0.05) is 0 Å². The van der Waals surface area contributed by atoms with E-state index in [0.29, 0.717) is 0 Å². The van der Waals surface area contributed by atoms with Crippen molar-refractivity contribution in [1.29, 1.82) is 0 Å². The van der Waals surface area contributed by atoms with Gasteiger partial charge < -0.3 is 15.6 Å². The minimum Gasteiger partial charge on any atom is -0.548 e. The lowest BCUT2D eigenvalue weighted by molar-refractivity contribution is -0.309. The van der Waals surface area contributed by atoms with Gasteiger partial charge in [0.25, 0.3) is 0 Å². The fourth-order valence-corrected chi connectivity index (χ4v) is 0.284. The Balaban J connectivity index is 3.67. The van der Waals surface area contributed by atoms with Gasteiger partial charge in [0, 0.05) is 0 Å². The number of nitrogens with zero attached hydrogens (tertiary/aromatic N) is 2. The zero-order valence-corrected chi connectivity index (χ0v) is 4.93. The molecule has 0 fully saturated rings. The molecule has 0 aromatic rings. The second-order valence-electron chi connectivity index (χ2n) is 1.56. The van der Waals surface area contributed by atoms with Crippen LogP contribution in [0.3, 0.4) is 0 Å². The van der Waals surface area contributed by atoms with Crippen LogP contribution < -0.4 is 10.8 Å². The van der Waals surface area contributed by atoms with Crippen LogP contribution >= 0.6 is 0 Å². The maximum atomic E-state index is 9.83. The van der Waals surface area contributed by atoms with E-state index in [9.17, 15) is 14.8 Å². The van der Waals surface area contributed by atoms with Gasteiger partial charge in [-0.25, -0.2) is 0 Å². The molecular formula is C3H6N3O4-. The molecule has 0 unspecified atom stereocenters. The van der Waals surface area contributed by atoms with E-state index in [-0.39, 0.29) is 5.17 Å². The minimum absolute atomic E-state index is 0.111. The summed E-state index contributed by atoms with van der Waals surface area (Å²) in [6, 6.07) is -1.41. The third kappa shape index (κ3) is 2.95. The molecule has 0 aliphatic heterocycles. The first-order valence-corrected chi connectivity index (χ1v) is 2.34. The first-order valence-electron chi connectivity index (χ1n) is 2.34. The fraction of sp³-hybridized carbons (Fsp3) is 0.667. The molecule has 0 bridgehead atoms. The summed E-state index contributed by atoms with van der Waals surface area (Å²) in [5.74, 6) is -1.55. The molecule has 0 aromatic carbocycles. The van der Waals surface area contributed by atoms with Gasteiger partial charge in [-0.15, -0.1) is 10.1 Å². The Kier molecular flexibility index (Phi) is 3.29. The van der Waals surface area contributed by atoms with Crippen molar-refractivity contribution >= 4 is 5.97 Å². The molecule has 0 heterocycles. The number of nitrogens with two attached hydrogens (primary N) is 1. The molecular weight excluding hydrogens is 142 g/mol. The van der Waals surface area contributed by atoms with Crippen molar-refractivity contribution in [3.05, 3.63) is 4.91 Å². The molecule has 0 radical (unpaired) electrons. The van der Waals surface area contributed by atoms with E-state index in [2.05, 4.69) is 0 Å². The maximum absolute atomic E-state index is 9.83. The monoisotopic (exact) mass is 148 g/mol. The topological polar surface area (TPSA) is 119 Å². The average Bonchev–Trinajstić information content (AvgIpc) is 1.87. The predicted molar refractivity (Wildman–Crippen MR) is 27.3 cm³/mol. The van der Waals surface area contributed by atoms with Crippen LogP contribution in [0.2, 0.25) is 0 Å². The highest BCUT2D eigenvalue weighted by Crippen LogP contribution is 1.83. The van der Waals surface area contributed by atoms with Gasteiger partial charge in [0.2, 0.25) is 0 Å². The van der Waals surface area contributed by atoms with Crippen molar-refractivity contribution in [3.63, 3.8) is 0 Å². The zero-order valence-electron chi connectivity index (χ0n) is 4.93. The van der Waals surface area contributed by atoms with Crippen LogP contribution in [0.1, 0.15) is 0 Å². The van der Waals surface area contributed by atoms with E-state index < -0.39 is 18.6 Å². The molecule has 0 aliphatic carbocycles. The van der Waals surface area contributed by atoms with Crippen molar-refractivity contribution in [2.75, 3.05) is 6.54 Å². The average molecular weight is 148 g/mol. The molecule has 7 heteroatoms. The SMILES string of the molecule is N[C@@H](CN(O)N=O)C(=O)[O-]. The van der Waals surface area contributed by atoms with Crippen molar-refractivity contribution < 1.29 is 15.1 Å². The highest BCUT2D eigenvalue weighted by atomic mass is 16.6. The number of nitroso groups, excluding NO2 is 1. The molecule has 0 aromatic heterocycles. The second-order valence-corrected chi connectivity index (χ2v) is 1.56. The Morgan fingerprint density at radius 2 is 2.40 bits per heavy atom. The first-order chi connectivity index (χ1) is 4.57. The zero-order chi connectivity index (χ0) is 8.15. The van der Waals surface area contributed by atoms with Crippen LogP contribution in [0.15, 0.2) is 5.29 Å². The first kappa shape index (κ1) is 8.79. The molecule has 58 valence electrons. The smallest absolute Gasteiger partial charge is 0.0884 e. The summed E-state index contributed by atoms with van der Waals surface area (Å²) in [5, 5.41) is 20.0. The van der Waals surface area contributed by atoms with Crippen LogP contribution in [0, 0.1) is 4.91 Å². The van der Waals surface area contributed by atoms with E-state index in [1.807, 2.05) is 5.29 Å². The van der Waals surface area contributed by atoms with Gasteiger partial charge in [0.05, 0.1) is 23.8 Å². The highest BCUT2D eigenvalue weighted by Gasteiger charge is 2.07. The number of carbonyl (C=O) groups is 1. The summed E-state index contributed by atoms with van der Waals surface area (Å²) in [6.07, 6.45) is 0. The lowest BCUT2D eigenvalue weighted by atomic mass is 10.3. The van der Waals surface area contributed by atoms with Crippen LogP contribution in [0.25, 0.3) is 0 Å². The van der Waals surface area contributed by atoms with E-state index in [4.69, 9.17) is 10.9 Å². The molecule has 0 saturated carbocycles. The maximum Gasteiger partial charge on any atom is 0.0884 e. The lowest BCUT2D eigenvalue weighted by Crippen LogP contribution is -2.47. The number of rotatable bonds is 4. The van der Waals surface area contributed by atoms with Crippen molar-refractivity contribution in [1.82, 2.24) is 5.17 Å². The third-order valence-electron chi connectivity index (χ3n) is 0.757. The highest BCUT2D eigenvalue weighted by molar-refractivity contribution is 5.70. The number of hydrogen-bond donors (Lipinski definition) is 2. The normalized spacial score (nSPS) is 12.2. The van der Waals surface area contributed by atoms with Gasteiger partial charge in [-0.05, 0) is 0 Å². The molecule has 7 nitrogen and oxygen atoms in total. The van der Waals surface area contributed by atoms with Crippen LogP contribution in [0.4, 0.5) is 0 Å². The number of carbonyl (C=O) groups excluding carboxylic acids is 1. The fourth-order valence-electron chi connectivity index (χ4n) is 0.284. The van der Waals surface area contributed by atoms with Crippen molar-refractivity contribution in [3.8, 4) is 0 Å². The number of aliphatic carboxylic acids is 1. The molecule has 3 N–H and O–H groups in total. The van der Waals surface area contributed by atoms with Gasteiger partial charge >= 0.3 is 0 Å². The van der Waals surface area contributed by atoms with E-state index in [0.717, 1.165) is 0 Å². The van der Waals surface area contributed by atoms with Crippen molar-refractivity contribution in [2.45, 2.75) is 6.04 Å². The molecule has 0 aliphatic rings. The summed E-state index contributed by atoms with van der Waals surface area (Å²) in [5.41, 5.74) is 4.83. The molecule has 10 heavy (non-hydrogen) atoms. The van der Waals surface area contributed by atoms with E-state index in [1.165, 1.54) is 0 Å². The summed E-state index contributed by atoms with van der Waals surface area (Å²) in [7, 11) is 0. The molecule has 0 amide bonds. The van der Waals surface area contributed by atoms with E-state index >= 15 is 0 Å². The number of hydrogen-bond acceptors (Lipinski definition) is 6. The third-order valence-corrected chi connectivity index (χ3v) is 0.757. The number of hydroxylamine groups is 1. The summed E-state index contributed by atoms with van der Waals surface area (Å²) in [6.45, 7) is -0.578. The summed E-state index contributed by atoms with van der Waals surface area (Å²) < 4.78 is 0. The predicted octanol–water partition coefficient (Wildman–Crippen LogP) is -2.56. The van der Waals surface area contributed by atoms with E-state index in [1.54, 1.807) is 0 Å². The Labute approximate surface area is 55.9 Å². The number of carboxylic acids is 1. The second kappa shape index (κ2) is 3.75. The standard InChI is InChI=1S/C3H7N3O4/c4-2(3(7)8)1-6(10)5-9/h2,10H,1,4H2,(H,7,8)/p-1/t2-/m0/s1.